The van der Waals surface area contributed by atoms with Crippen molar-refractivity contribution in [2.75, 3.05) is 26.0 Å². The molecule has 0 aliphatic carbocycles. The quantitative estimate of drug-likeness (QED) is 0.243. The largest absolute Gasteiger partial charge is 0.486 e. The van der Waals surface area contributed by atoms with Gasteiger partial charge in [-0.15, -0.1) is 11.3 Å². The number of fused-ring (bicyclic) bond motifs is 1. The summed E-state index contributed by atoms with van der Waals surface area (Å²) in [4.78, 5) is 38.5. The first-order chi connectivity index (χ1) is 20.4. The van der Waals surface area contributed by atoms with Crippen molar-refractivity contribution in [1.82, 2.24) is 23.8 Å². The van der Waals surface area contributed by atoms with E-state index in [2.05, 4.69) is 4.98 Å². The predicted molar refractivity (Wildman–Crippen MR) is 160 cm³/mol. The smallest absolute Gasteiger partial charge is 0.302 e. The van der Waals surface area contributed by atoms with Gasteiger partial charge in [0.15, 0.2) is 15.5 Å². The molecule has 4 aromatic rings. The number of hydrogen-bond donors (Lipinski definition) is 0. The normalized spacial score (nSPS) is 17.5. The topological polar surface area (TPSA) is 125 Å². The van der Waals surface area contributed by atoms with Gasteiger partial charge in [-0.2, -0.15) is 0 Å². The lowest BCUT2D eigenvalue weighted by Gasteiger charge is -2.35. The number of ether oxygens (including phenoxy) is 2. The molecule has 0 unspecified atom stereocenters. The monoisotopic (exact) mass is 631 g/mol. The molecule has 0 bridgehead atoms. The summed E-state index contributed by atoms with van der Waals surface area (Å²) in [5.74, 6) is -0.442. The Hall–Kier alpha value is -3.62. The Morgan fingerprint density at radius 2 is 1.95 bits per heavy atom. The number of sulfone groups is 1. The summed E-state index contributed by atoms with van der Waals surface area (Å²) in [6, 6.07) is 3.67. The summed E-state index contributed by atoms with van der Waals surface area (Å²) in [5.41, 5.74) is 0.243. The van der Waals surface area contributed by atoms with E-state index in [9.17, 15) is 22.4 Å². The zero-order chi connectivity index (χ0) is 30.9. The molecular weight excluding hydrogens is 597 g/mol. The van der Waals surface area contributed by atoms with Crippen LogP contribution in [0.4, 0.5) is 4.39 Å². The Morgan fingerprint density at radius 3 is 2.65 bits per heavy atom. The minimum Gasteiger partial charge on any atom is -0.486 e. The molecule has 14 heteroatoms. The Labute approximate surface area is 252 Å². The van der Waals surface area contributed by atoms with Crippen LogP contribution in [0.3, 0.4) is 0 Å². The number of amides is 1. The lowest BCUT2D eigenvalue weighted by atomic mass is 10.1. The van der Waals surface area contributed by atoms with Gasteiger partial charge in [-0.1, -0.05) is 19.4 Å². The third-order valence-electron chi connectivity index (χ3n) is 7.08. The number of nitrogens with zero attached hydrogens (tertiary/aromatic N) is 5. The highest BCUT2D eigenvalue weighted by molar-refractivity contribution is 7.90. The van der Waals surface area contributed by atoms with Crippen molar-refractivity contribution in [3.63, 3.8) is 0 Å². The van der Waals surface area contributed by atoms with E-state index in [1.54, 1.807) is 28.1 Å². The number of carbonyl (C=O) groups is 1. The molecular formula is C29H34FN5O6S2. The number of benzene rings is 1. The lowest BCUT2D eigenvalue weighted by Crippen LogP contribution is -2.49. The van der Waals surface area contributed by atoms with Gasteiger partial charge in [0, 0.05) is 49.2 Å². The molecule has 4 heterocycles. The standard InChI is InChI=1S/C29H34FN5O6S2/c1-5-6-11-40-26-25(27-31-14-22(42-27)12-20-7-8-21(30)13-23(20)43(4,38)39)32-29-33(9-10-35(29)28(26)37)17-24(36)34-15-18(2)41-19(3)16-34/h7-10,13-14,18-19H,5-6,11-12,15-17H2,1-4H3/t18-,19-/m1/s1. The van der Waals surface area contributed by atoms with E-state index >= 15 is 0 Å². The summed E-state index contributed by atoms with van der Waals surface area (Å²) in [5, 5.41) is 0.402. The van der Waals surface area contributed by atoms with E-state index in [1.165, 1.54) is 27.9 Å². The zero-order valence-electron chi connectivity index (χ0n) is 24.4. The molecule has 1 aliphatic rings. The van der Waals surface area contributed by atoms with Gasteiger partial charge in [-0.05, 0) is 38.0 Å². The highest BCUT2D eigenvalue weighted by Gasteiger charge is 2.27. The van der Waals surface area contributed by atoms with Crippen LogP contribution in [0.2, 0.25) is 0 Å². The number of carbonyl (C=O) groups excluding carboxylic acids is 1. The number of hydrogen-bond acceptors (Lipinski definition) is 9. The number of imidazole rings is 1. The van der Waals surface area contributed by atoms with Gasteiger partial charge in [0.1, 0.15) is 17.4 Å². The van der Waals surface area contributed by atoms with E-state index in [-0.39, 0.29) is 53.2 Å². The van der Waals surface area contributed by atoms with Gasteiger partial charge in [0.2, 0.25) is 17.4 Å². The summed E-state index contributed by atoms with van der Waals surface area (Å²) >= 11 is 1.23. The van der Waals surface area contributed by atoms with E-state index < -0.39 is 21.2 Å². The molecule has 1 aromatic carbocycles. The summed E-state index contributed by atoms with van der Waals surface area (Å²) in [7, 11) is -3.67. The molecule has 11 nitrogen and oxygen atoms in total. The number of unbranched alkanes of at least 4 members (excludes halogenated alkanes) is 1. The molecule has 0 N–H and O–H groups in total. The third-order valence-corrected chi connectivity index (χ3v) is 9.26. The average molecular weight is 632 g/mol. The summed E-state index contributed by atoms with van der Waals surface area (Å²) in [6.45, 7) is 7.12. The summed E-state index contributed by atoms with van der Waals surface area (Å²) < 4.78 is 53.1. The van der Waals surface area contributed by atoms with Crippen LogP contribution in [0.15, 0.2) is 46.5 Å². The third kappa shape index (κ3) is 6.81. The summed E-state index contributed by atoms with van der Waals surface area (Å²) in [6.07, 6.45) is 7.46. The first kappa shape index (κ1) is 30.8. The first-order valence-electron chi connectivity index (χ1n) is 14.1. The van der Waals surface area contributed by atoms with Crippen LogP contribution in [-0.2, 0) is 32.3 Å². The fourth-order valence-corrected chi connectivity index (χ4v) is 6.97. The maximum Gasteiger partial charge on any atom is 0.302 e. The van der Waals surface area contributed by atoms with E-state index in [0.29, 0.717) is 35.1 Å². The van der Waals surface area contributed by atoms with E-state index in [0.717, 1.165) is 25.2 Å². The van der Waals surface area contributed by atoms with E-state index in [4.69, 9.17) is 14.5 Å². The predicted octanol–water partition coefficient (Wildman–Crippen LogP) is 3.57. The van der Waals surface area contributed by atoms with Crippen LogP contribution < -0.4 is 10.3 Å². The van der Waals surface area contributed by atoms with Crippen molar-refractivity contribution < 1.29 is 27.1 Å². The molecule has 0 spiro atoms. The molecule has 5 rings (SSSR count). The maximum absolute atomic E-state index is 13.8. The van der Waals surface area contributed by atoms with Crippen LogP contribution in [0.5, 0.6) is 5.75 Å². The van der Waals surface area contributed by atoms with Gasteiger partial charge >= 0.3 is 5.56 Å². The number of morpholine rings is 1. The SMILES string of the molecule is CCCCOc1c(-c2ncc(Cc3ccc(F)cc3S(C)(=O)=O)s2)nc2n(CC(=O)N3C[C@@H](C)O[C@H](C)C3)ccn2c1=O. The molecule has 2 atom stereocenters. The Bertz CT molecular complexity index is 1810. The zero-order valence-corrected chi connectivity index (χ0v) is 26.1. The molecule has 1 fully saturated rings. The maximum atomic E-state index is 13.8. The Balaban J connectivity index is 1.51. The molecule has 1 amide bonds. The van der Waals surface area contributed by atoms with Gasteiger partial charge in [-0.25, -0.2) is 27.2 Å². The molecule has 1 saturated heterocycles. The highest BCUT2D eigenvalue weighted by atomic mass is 32.2. The van der Waals surface area contributed by atoms with Crippen LogP contribution >= 0.6 is 11.3 Å². The number of rotatable bonds is 10. The van der Waals surface area contributed by atoms with Crippen molar-refractivity contribution in [2.45, 2.75) is 63.7 Å². The van der Waals surface area contributed by atoms with E-state index in [1.807, 2.05) is 20.8 Å². The second kappa shape index (κ2) is 12.5. The Morgan fingerprint density at radius 1 is 1.21 bits per heavy atom. The van der Waals surface area contributed by atoms with Gasteiger partial charge in [0.05, 0.1) is 23.7 Å². The molecule has 0 radical (unpaired) electrons. The van der Waals surface area contributed by atoms with Crippen molar-refractivity contribution in [3.8, 4) is 16.5 Å². The fourth-order valence-electron chi connectivity index (χ4n) is 5.11. The number of thiazole rings is 1. The van der Waals surface area contributed by atoms with Gasteiger partial charge < -0.3 is 18.9 Å². The van der Waals surface area contributed by atoms with Crippen LogP contribution in [0.25, 0.3) is 16.5 Å². The first-order valence-corrected chi connectivity index (χ1v) is 16.8. The fraction of sp³-hybridized carbons (Fsp3) is 0.448. The molecule has 43 heavy (non-hydrogen) atoms. The number of aromatic nitrogens is 4. The van der Waals surface area contributed by atoms with Crippen molar-refractivity contribution in [1.29, 1.82) is 0 Å². The number of halogens is 1. The van der Waals surface area contributed by atoms with Crippen LogP contribution in [0.1, 0.15) is 44.1 Å². The lowest BCUT2D eigenvalue weighted by molar-refractivity contribution is -0.143. The molecule has 3 aromatic heterocycles. The molecule has 1 aliphatic heterocycles. The highest BCUT2D eigenvalue weighted by Crippen LogP contribution is 2.32. The second-order valence-corrected chi connectivity index (χ2v) is 13.9. The van der Waals surface area contributed by atoms with Gasteiger partial charge in [-0.3, -0.25) is 9.59 Å². The van der Waals surface area contributed by atoms with Crippen LogP contribution in [0, 0.1) is 5.82 Å². The van der Waals surface area contributed by atoms with Crippen LogP contribution in [-0.4, -0.2) is 76.3 Å². The van der Waals surface area contributed by atoms with Crippen molar-refractivity contribution in [2.24, 2.45) is 0 Å². The minimum absolute atomic E-state index is 0.0141. The average Bonchev–Trinajstić information content (AvgIpc) is 3.57. The second-order valence-electron chi connectivity index (χ2n) is 10.8. The minimum atomic E-state index is -3.67. The Kier molecular flexibility index (Phi) is 8.99. The van der Waals surface area contributed by atoms with Gasteiger partial charge in [0.25, 0.3) is 0 Å². The molecule has 0 saturated carbocycles. The van der Waals surface area contributed by atoms with Crippen molar-refractivity contribution >= 4 is 32.9 Å². The molecule has 230 valence electrons. The van der Waals surface area contributed by atoms with Crippen molar-refractivity contribution in [3.05, 3.63) is 63.4 Å².